The van der Waals surface area contributed by atoms with Crippen molar-refractivity contribution >= 4 is 11.6 Å². The summed E-state index contributed by atoms with van der Waals surface area (Å²) >= 11 is 0. The van der Waals surface area contributed by atoms with Crippen LogP contribution in [0.25, 0.3) is 0 Å². The summed E-state index contributed by atoms with van der Waals surface area (Å²) in [5, 5.41) is 0. The first-order valence-electron chi connectivity index (χ1n) is 8.12. The van der Waals surface area contributed by atoms with Crippen LogP contribution in [0.15, 0.2) is 54.2 Å². The average Bonchev–Trinajstić information content (AvgIpc) is 2.57. The van der Waals surface area contributed by atoms with Crippen LogP contribution in [-0.4, -0.2) is 43.9 Å². The molecule has 4 heteroatoms. The fraction of sp³-hybridized carbons (Fsp3) is 0.300. The summed E-state index contributed by atoms with van der Waals surface area (Å²) in [4.78, 5) is 21.7. The van der Waals surface area contributed by atoms with Crippen molar-refractivity contribution in [1.82, 2.24) is 9.88 Å². The molecule has 1 aliphatic rings. The van der Waals surface area contributed by atoms with E-state index in [0.29, 0.717) is 0 Å². The van der Waals surface area contributed by atoms with Crippen LogP contribution in [0.1, 0.15) is 27.5 Å². The molecule has 124 valence electrons. The van der Waals surface area contributed by atoms with Gasteiger partial charge in [0.25, 0.3) is 0 Å². The van der Waals surface area contributed by atoms with Crippen molar-refractivity contribution < 1.29 is 4.79 Å². The highest BCUT2D eigenvalue weighted by molar-refractivity contribution is 6.11. The lowest BCUT2D eigenvalue weighted by molar-refractivity contribution is 0.101. The first-order valence-corrected chi connectivity index (χ1v) is 8.12. The van der Waals surface area contributed by atoms with Gasteiger partial charge >= 0.3 is 0 Å². The van der Waals surface area contributed by atoms with Gasteiger partial charge in [0.15, 0.2) is 5.78 Å². The lowest BCUT2D eigenvalue weighted by Crippen LogP contribution is -2.26. The summed E-state index contributed by atoms with van der Waals surface area (Å²) in [7, 11) is 7.83. The molecule has 1 aromatic carbocycles. The Bertz CT molecular complexity index is 779. The van der Waals surface area contributed by atoms with Gasteiger partial charge in [-0.3, -0.25) is 4.79 Å². The van der Waals surface area contributed by atoms with Crippen molar-refractivity contribution in [3.63, 3.8) is 0 Å². The molecule has 4 nitrogen and oxygen atoms in total. The van der Waals surface area contributed by atoms with Crippen molar-refractivity contribution in [2.24, 2.45) is 0 Å². The Morgan fingerprint density at radius 1 is 1.04 bits per heavy atom. The number of carbonyl (C=O) groups excluding carboxylic acids is 1. The summed E-state index contributed by atoms with van der Waals surface area (Å²) in [5.74, 6) is 1.00. The van der Waals surface area contributed by atoms with E-state index in [9.17, 15) is 4.79 Å². The standard InChI is InChI=1S/C20H23N3O/c1-22(2)13-17-16(14-8-6-5-7-9-14)12-18-15(20(17)24)10-11-19(21-18)23(3)4/h5-11,13,16H,12H2,1-4H3/b17-13-. The second kappa shape index (κ2) is 6.48. The highest BCUT2D eigenvalue weighted by Gasteiger charge is 2.32. The van der Waals surface area contributed by atoms with E-state index in [1.165, 1.54) is 0 Å². The molecule has 1 aliphatic carbocycles. The van der Waals surface area contributed by atoms with Gasteiger partial charge in [0.2, 0.25) is 0 Å². The zero-order valence-corrected chi connectivity index (χ0v) is 14.7. The van der Waals surface area contributed by atoms with Crippen LogP contribution in [0.5, 0.6) is 0 Å². The summed E-state index contributed by atoms with van der Waals surface area (Å²) in [5.41, 5.74) is 3.59. The minimum absolute atomic E-state index is 0.0403. The number of ketones is 1. The molecule has 3 rings (SSSR count). The number of benzene rings is 1. The third-order valence-corrected chi connectivity index (χ3v) is 4.30. The monoisotopic (exact) mass is 321 g/mol. The quantitative estimate of drug-likeness (QED) is 0.814. The normalized spacial score (nSPS) is 18.4. The van der Waals surface area contributed by atoms with E-state index in [0.717, 1.165) is 34.6 Å². The predicted molar refractivity (Wildman–Crippen MR) is 97.6 cm³/mol. The van der Waals surface area contributed by atoms with Crippen LogP contribution in [0.4, 0.5) is 5.82 Å². The second-order valence-electron chi connectivity index (χ2n) is 6.60. The average molecular weight is 321 g/mol. The van der Waals surface area contributed by atoms with Crippen molar-refractivity contribution in [2.75, 3.05) is 33.1 Å². The van der Waals surface area contributed by atoms with Crippen LogP contribution in [-0.2, 0) is 6.42 Å². The molecule has 0 N–H and O–H groups in total. The Hall–Kier alpha value is -2.62. The topological polar surface area (TPSA) is 36.4 Å². The molecule has 0 spiro atoms. The summed E-state index contributed by atoms with van der Waals surface area (Å²) in [6.07, 6.45) is 2.69. The highest BCUT2D eigenvalue weighted by atomic mass is 16.1. The van der Waals surface area contributed by atoms with E-state index < -0.39 is 0 Å². The van der Waals surface area contributed by atoms with Gasteiger partial charge in [0.1, 0.15) is 5.82 Å². The Morgan fingerprint density at radius 2 is 1.75 bits per heavy atom. The minimum atomic E-state index is 0.0403. The van der Waals surface area contributed by atoms with Crippen LogP contribution >= 0.6 is 0 Å². The molecule has 0 bridgehead atoms. The fourth-order valence-electron chi connectivity index (χ4n) is 3.13. The van der Waals surface area contributed by atoms with E-state index in [4.69, 9.17) is 4.98 Å². The summed E-state index contributed by atoms with van der Waals surface area (Å²) < 4.78 is 0. The number of allylic oxidation sites excluding steroid dienone is 1. The Kier molecular flexibility index (Phi) is 4.38. The maximum atomic E-state index is 13.1. The first-order chi connectivity index (χ1) is 11.5. The van der Waals surface area contributed by atoms with Gasteiger partial charge in [-0.05, 0) is 17.7 Å². The van der Waals surface area contributed by atoms with E-state index in [1.807, 2.05) is 74.5 Å². The molecule has 1 heterocycles. The number of fused-ring (bicyclic) bond motifs is 1. The lowest BCUT2D eigenvalue weighted by atomic mass is 9.78. The number of Topliss-reactive ketones (excluding diaryl/α,β-unsaturated/α-hetero) is 1. The molecule has 0 amide bonds. The third-order valence-electron chi connectivity index (χ3n) is 4.30. The smallest absolute Gasteiger partial charge is 0.192 e. The molecular weight excluding hydrogens is 298 g/mol. The molecule has 1 atom stereocenters. The molecule has 1 unspecified atom stereocenters. The van der Waals surface area contributed by atoms with E-state index in [-0.39, 0.29) is 11.7 Å². The summed E-state index contributed by atoms with van der Waals surface area (Å²) in [6, 6.07) is 14.0. The zero-order valence-electron chi connectivity index (χ0n) is 14.7. The van der Waals surface area contributed by atoms with Gasteiger partial charge in [-0.2, -0.15) is 0 Å². The van der Waals surface area contributed by atoms with Crippen molar-refractivity contribution in [3.05, 3.63) is 71.1 Å². The van der Waals surface area contributed by atoms with Crippen LogP contribution in [0.3, 0.4) is 0 Å². The number of anilines is 1. The molecule has 0 aliphatic heterocycles. The van der Waals surface area contributed by atoms with Crippen molar-refractivity contribution in [2.45, 2.75) is 12.3 Å². The SMILES string of the molecule is CN(C)/C=C1\C(=O)c2ccc(N(C)C)nc2CC1c1ccccc1. The molecule has 0 saturated carbocycles. The maximum Gasteiger partial charge on any atom is 0.192 e. The summed E-state index contributed by atoms with van der Waals surface area (Å²) in [6.45, 7) is 0. The third kappa shape index (κ3) is 3.04. The van der Waals surface area contributed by atoms with Gasteiger partial charge in [0.05, 0.1) is 5.69 Å². The molecular formula is C20H23N3O. The molecule has 0 radical (unpaired) electrons. The number of hydrogen-bond donors (Lipinski definition) is 0. The maximum absolute atomic E-state index is 13.1. The van der Waals surface area contributed by atoms with Crippen molar-refractivity contribution in [1.29, 1.82) is 0 Å². The van der Waals surface area contributed by atoms with Crippen LogP contribution in [0.2, 0.25) is 0 Å². The number of rotatable bonds is 3. The largest absolute Gasteiger partial charge is 0.383 e. The first kappa shape index (κ1) is 16.2. The van der Waals surface area contributed by atoms with Gasteiger partial charge in [-0.1, -0.05) is 30.3 Å². The van der Waals surface area contributed by atoms with E-state index >= 15 is 0 Å². The number of aromatic nitrogens is 1. The Balaban J connectivity index is 2.12. The van der Waals surface area contributed by atoms with Gasteiger partial charge in [0, 0.05) is 57.9 Å². The number of hydrogen-bond acceptors (Lipinski definition) is 4. The van der Waals surface area contributed by atoms with Crippen LogP contribution in [0, 0.1) is 0 Å². The van der Waals surface area contributed by atoms with Gasteiger partial charge in [-0.25, -0.2) is 4.98 Å². The van der Waals surface area contributed by atoms with Gasteiger partial charge in [-0.15, -0.1) is 0 Å². The number of carbonyl (C=O) groups is 1. The van der Waals surface area contributed by atoms with Crippen LogP contribution < -0.4 is 4.90 Å². The molecule has 24 heavy (non-hydrogen) atoms. The fourth-order valence-corrected chi connectivity index (χ4v) is 3.13. The number of nitrogens with zero attached hydrogens (tertiary/aromatic N) is 3. The highest BCUT2D eigenvalue weighted by Crippen LogP contribution is 2.36. The number of pyridine rings is 1. The molecule has 1 aromatic heterocycles. The van der Waals surface area contributed by atoms with Gasteiger partial charge < -0.3 is 9.80 Å². The molecule has 0 fully saturated rings. The molecule has 0 saturated heterocycles. The Labute approximate surface area is 143 Å². The van der Waals surface area contributed by atoms with Crippen molar-refractivity contribution in [3.8, 4) is 0 Å². The Morgan fingerprint density at radius 3 is 2.38 bits per heavy atom. The molecule has 2 aromatic rings. The predicted octanol–water partition coefficient (Wildman–Crippen LogP) is 3.12. The van der Waals surface area contributed by atoms with E-state index in [2.05, 4.69) is 12.1 Å². The second-order valence-corrected chi connectivity index (χ2v) is 6.60. The zero-order chi connectivity index (χ0) is 17.3. The minimum Gasteiger partial charge on any atom is -0.383 e. The lowest BCUT2D eigenvalue weighted by Gasteiger charge is -2.28. The van der Waals surface area contributed by atoms with E-state index in [1.54, 1.807) is 0 Å².